The van der Waals surface area contributed by atoms with Gasteiger partial charge in [-0.25, -0.2) is 4.79 Å². The van der Waals surface area contributed by atoms with Crippen LogP contribution in [0.15, 0.2) is 0 Å². The van der Waals surface area contributed by atoms with Gasteiger partial charge >= 0.3 is 12.1 Å². The number of carbonyl (C=O) groups is 3. The van der Waals surface area contributed by atoms with Crippen molar-refractivity contribution in [3.05, 3.63) is 0 Å². The Hall–Kier alpha value is -1.50. The monoisotopic (exact) mass is 412 g/mol. The zero-order valence-electron chi connectivity index (χ0n) is 16.5. The lowest BCUT2D eigenvalue weighted by Gasteiger charge is -2.58. The molecule has 8 heteroatoms. The Morgan fingerprint density at radius 3 is 2.14 bits per heavy atom. The third-order valence-electron chi connectivity index (χ3n) is 6.91. The molecular formula is C20H29ClN2O5. The van der Waals surface area contributed by atoms with Gasteiger partial charge in [0.05, 0.1) is 12.0 Å². The van der Waals surface area contributed by atoms with Gasteiger partial charge in [0.15, 0.2) is 6.61 Å². The Kier molecular flexibility index (Phi) is 5.23. The van der Waals surface area contributed by atoms with E-state index < -0.39 is 5.41 Å². The van der Waals surface area contributed by atoms with Gasteiger partial charge in [-0.05, 0) is 57.3 Å². The fourth-order valence-electron chi connectivity index (χ4n) is 6.11. The average Bonchev–Trinajstić information content (AvgIpc) is 2.64. The molecule has 0 aromatic heterocycles. The van der Waals surface area contributed by atoms with Gasteiger partial charge in [0, 0.05) is 31.1 Å². The maximum Gasteiger partial charge on any atom is 0.409 e. The van der Waals surface area contributed by atoms with Gasteiger partial charge in [0.25, 0.3) is 5.91 Å². The summed E-state index contributed by atoms with van der Waals surface area (Å²) in [6.07, 6.45) is 5.21. The average molecular weight is 413 g/mol. The number of piperazine rings is 1. The second-order valence-corrected chi connectivity index (χ2v) is 9.84. The van der Waals surface area contributed by atoms with Gasteiger partial charge in [0.2, 0.25) is 0 Å². The Bertz CT molecular complexity index is 647. The SMILES string of the molecule is CCOC(=O)N1CCN(C(=O)COC(=O)C23C[C@@H]4C[C@H](CC(Cl)(C4)C2)C3)CC1. The number of alkyl halides is 1. The first-order chi connectivity index (χ1) is 13.3. The highest BCUT2D eigenvalue weighted by Gasteiger charge is 2.60. The van der Waals surface area contributed by atoms with Gasteiger partial charge < -0.3 is 19.3 Å². The van der Waals surface area contributed by atoms with Gasteiger partial charge in [-0.3, -0.25) is 9.59 Å². The van der Waals surface area contributed by atoms with Crippen molar-refractivity contribution in [2.24, 2.45) is 17.3 Å². The molecule has 2 atom stereocenters. The van der Waals surface area contributed by atoms with Crippen molar-refractivity contribution in [2.75, 3.05) is 39.4 Å². The third-order valence-corrected chi connectivity index (χ3v) is 7.35. The Balaban J connectivity index is 1.28. The van der Waals surface area contributed by atoms with E-state index in [-0.39, 0.29) is 29.5 Å². The van der Waals surface area contributed by atoms with Crippen LogP contribution in [-0.4, -0.2) is 72.0 Å². The maximum absolute atomic E-state index is 12.9. The first-order valence-electron chi connectivity index (χ1n) is 10.4. The summed E-state index contributed by atoms with van der Waals surface area (Å²) in [5.74, 6) is 0.572. The summed E-state index contributed by atoms with van der Waals surface area (Å²) in [4.78, 5) is 40.1. The predicted octanol–water partition coefficient (Wildman–Crippen LogP) is 2.41. The molecule has 1 aliphatic heterocycles. The van der Waals surface area contributed by atoms with Crippen LogP contribution in [0.1, 0.15) is 45.4 Å². The molecule has 4 bridgehead atoms. The quantitative estimate of drug-likeness (QED) is 0.523. The van der Waals surface area contributed by atoms with Crippen LogP contribution < -0.4 is 0 Å². The highest BCUT2D eigenvalue weighted by molar-refractivity contribution is 6.24. The molecule has 0 unspecified atom stereocenters. The highest BCUT2D eigenvalue weighted by atomic mass is 35.5. The zero-order valence-corrected chi connectivity index (χ0v) is 17.2. The Morgan fingerprint density at radius 1 is 0.964 bits per heavy atom. The molecule has 2 amide bonds. The maximum atomic E-state index is 12.9. The summed E-state index contributed by atoms with van der Waals surface area (Å²) in [5.41, 5.74) is -0.491. The topological polar surface area (TPSA) is 76.2 Å². The molecule has 0 aromatic rings. The number of rotatable bonds is 4. The van der Waals surface area contributed by atoms with E-state index in [1.165, 1.54) is 6.42 Å². The number of ether oxygens (including phenoxy) is 2. The van der Waals surface area contributed by atoms with Crippen LogP contribution in [0.25, 0.3) is 0 Å². The van der Waals surface area contributed by atoms with Crippen LogP contribution in [0.5, 0.6) is 0 Å². The van der Waals surface area contributed by atoms with Crippen LogP contribution in [0, 0.1) is 17.3 Å². The van der Waals surface area contributed by atoms with Crippen molar-refractivity contribution in [3.8, 4) is 0 Å². The fraction of sp³-hybridized carbons (Fsp3) is 0.850. The third kappa shape index (κ3) is 3.70. The number of esters is 1. The molecule has 1 saturated heterocycles. The van der Waals surface area contributed by atoms with Gasteiger partial charge in [0.1, 0.15) is 0 Å². The molecule has 1 heterocycles. The summed E-state index contributed by atoms with van der Waals surface area (Å²) in [5, 5.41) is 0. The first-order valence-corrected chi connectivity index (χ1v) is 10.8. The molecule has 0 radical (unpaired) electrons. The van der Waals surface area contributed by atoms with Crippen molar-refractivity contribution in [2.45, 2.75) is 50.3 Å². The second kappa shape index (κ2) is 7.39. The largest absolute Gasteiger partial charge is 0.455 e. The molecule has 4 aliphatic carbocycles. The normalized spacial score (nSPS) is 36.4. The van der Waals surface area contributed by atoms with Crippen molar-refractivity contribution in [1.82, 2.24) is 9.80 Å². The van der Waals surface area contributed by atoms with Crippen LogP contribution in [0.4, 0.5) is 4.79 Å². The fourth-order valence-corrected chi connectivity index (χ4v) is 6.81. The molecule has 7 nitrogen and oxygen atoms in total. The molecule has 0 aromatic carbocycles. The number of carbonyl (C=O) groups excluding carboxylic acids is 3. The number of hydrogen-bond donors (Lipinski definition) is 0. The van der Waals surface area contributed by atoms with E-state index >= 15 is 0 Å². The number of amides is 2. The van der Waals surface area contributed by atoms with Gasteiger partial charge in [-0.15, -0.1) is 11.6 Å². The summed E-state index contributed by atoms with van der Waals surface area (Å²) in [6, 6.07) is 0. The Labute approximate surface area is 170 Å². The molecule has 5 rings (SSSR count). The van der Waals surface area contributed by atoms with Crippen LogP contribution in [-0.2, 0) is 19.1 Å². The zero-order chi connectivity index (χ0) is 19.9. The van der Waals surface area contributed by atoms with E-state index in [0.29, 0.717) is 51.0 Å². The minimum atomic E-state index is -0.491. The lowest BCUT2D eigenvalue weighted by molar-refractivity contribution is -0.173. The summed E-state index contributed by atoms with van der Waals surface area (Å²) in [7, 11) is 0. The van der Waals surface area contributed by atoms with Crippen molar-refractivity contribution >= 4 is 29.6 Å². The van der Waals surface area contributed by atoms with E-state index in [2.05, 4.69) is 0 Å². The molecule has 156 valence electrons. The van der Waals surface area contributed by atoms with Crippen LogP contribution in [0.3, 0.4) is 0 Å². The smallest absolute Gasteiger partial charge is 0.409 e. The molecule has 28 heavy (non-hydrogen) atoms. The molecule has 0 N–H and O–H groups in total. The van der Waals surface area contributed by atoms with E-state index in [1.807, 2.05) is 0 Å². The van der Waals surface area contributed by atoms with Crippen LogP contribution >= 0.6 is 11.6 Å². The minimum absolute atomic E-state index is 0.206. The lowest BCUT2D eigenvalue weighted by atomic mass is 9.49. The molecule has 0 spiro atoms. The van der Waals surface area contributed by atoms with Crippen molar-refractivity contribution < 1.29 is 23.9 Å². The lowest BCUT2D eigenvalue weighted by Crippen LogP contribution is -2.56. The Morgan fingerprint density at radius 2 is 1.57 bits per heavy atom. The van der Waals surface area contributed by atoms with E-state index in [0.717, 1.165) is 25.7 Å². The molecule has 5 aliphatic rings. The van der Waals surface area contributed by atoms with Crippen LogP contribution in [0.2, 0.25) is 0 Å². The number of hydrogen-bond acceptors (Lipinski definition) is 5. The summed E-state index contributed by atoms with van der Waals surface area (Å²) < 4.78 is 10.5. The summed E-state index contributed by atoms with van der Waals surface area (Å²) >= 11 is 6.79. The molecule has 4 saturated carbocycles. The van der Waals surface area contributed by atoms with E-state index in [4.69, 9.17) is 21.1 Å². The molecule has 5 fully saturated rings. The van der Waals surface area contributed by atoms with Gasteiger partial charge in [-0.1, -0.05) is 0 Å². The van der Waals surface area contributed by atoms with Crippen molar-refractivity contribution in [1.29, 1.82) is 0 Å². The number of halogens is 1. The number of nitrogens with zero attached hydrogens (tertiary/aromatic N) is 2. The predicted molar refractivity (Wildman–Crippen MR) is 102 cm³/mol. The first kappa shape index (κ1) is 19.8. The standard InChI is InChI=1S/C20H29ClN2O5/c1-2-27-18(26)23-5-3-22(4-6-23)16(24)12-28-17(25)19-8-14-7-15(9-19)11-20(21,10-14)13-19/h14-15H,2-13H2,1H3/t14-,15-,19?,20?/m0/s1. The van der Waals surface area contributed by atoms with E-state index in [1.54, 1.807) is 16.7 Å². The van der Waals surface area contributed by atoms with Crippen molar-refractivity contribution in [3.63, 3.8) is 0 Å². The van der Waals surface area contributed by atoms with E-state index in [9.17, 15) is 14.4 Å². The minimum Gasteiger partial charge on any atom is -0.455 e. The second-order valence-electron chi connectivity index (χ2n) is 9.04. The molecular weight excluding hydrogens is 384 g/mol. The highest BCUT2D eigenvalue weighted by Crippen LogP contribution is 2.64. The summed E-state index contributed by atoms with van der Waals surface area (Å²) in [6.45, 7) is 3.58. The van der Waals surface area contributed by atoms with Gasteiger partial charge in [-0.2, -0.15) is 0 Å².